The number of anilines is 1. The van der Waals surface area contributed by atoms with Gasteiger partial charge in [0.05, 0.1) is 6.42 Å². The molecule has 1 aliphatic heterocycles. The highest BCUT2D eigenvalue weighted by Crippen LogP contribution is 2.20. The van der Waals surface area contributed by atoms with Crippen molar-refractivity contribution in [3.05, 3.63) is 66.4 Å². The maximum Gasteiger partial charge on any atom is 0.324 e. The molecular weight excluding hydrogens is 368 g/mol. The smallest absolute Gasteiger partial charge is 0.324 e. The van der Waals surface area contributed by atoms with Gasteiger partial charge in [-0.3, -0.25) is 14.5 Å². The number of amides is 4. The van der Waals surface area contributed by atoms with Crippen LogP contribution in [0.25, 0.3) is 10.9 Å². The van der Waals surface area contributed by atoms with Crippen molar-refractivity contribution in [3.63, 3.8) is 0 Å². The van der Waals surface area contributed by atoms with Crippen molar-refractivity contribution in [1.82, 2.24) is 14.8 Å². The van der Waals surface area contributed by atoms with Crippen molar-refractivity contribution in [2.75, 3.05) is 11.9 Å². The third-order valence-electron chi connectivity index (χ3n) is 5.13. The van der Waals surface area contributed by atoms with Crippen LogP contribution in [0.15, 0.2) is 60.8 Å². The first-order valence-corrected chi connectivity index (χ1v) is 9.52. The van der Waals surface area contributed by atoms with Crippen LogP contribution in [0.1, 0.15) is 12.0 Å². The molecule has 0 unspecified atom stereocenters. The highest BCUT2D eigenvalue weighted by Gasteiger charge is 2.38. The zero-order valence-electron chi connectivity index (χ0n) is 16.1. The summed E-state index contributed by atoms with van der Waals surface area (Å²) in [6.07, 6.45) is 2.43. The molecular formula is C22H22N4O3. The first-order valence-electron chi connectivity index (χ1n) is 9.52. The summed E-state index contributed by atoms with van der Waals surface area (Å²) in [5, 5.41) is 6.44. The normalized spacial score (nSPS) is 16.3. The van der Waals surface area contributed by atoms with Gasteiger partial charge in [0.2, 0.25) is 5.91 Å². The molecule has 2 N–H and O–H groups in total. The lowest BCUT2D eigenvalue weighted by atomic mass is 10.1. The van der Waals surface area contributed by atoms with Gasteiger partial charge in [-0.2, -0.15) is 0 Å². The monoisotopic (exact) mass is 390 g/mol. The molecule has 7 nitrogen and oxygen atoms in total. The molecule has 2 heterocycles. The number of fused-ring (bicyclic) bond motifs is 1. The molecule has 29 heavy (non-hydrogen) atoms. The van der Waals surface area contributed by atoms with Crippen molar-refractivity contribution in [2.24, 2.45) is 7.05 Å². The van der Waals surface area contributed by atoms with Crippen molar-refractivity contribution >= 4 is 34.4 Å². The van der Waals surface area contributed by atoms with Crippen molar-refractivity contribution < 1.29 is 14.4 Å². The van der Waals surface area contributed by atoms with E-state index in [1.165, 1.54) is 4.90 Å². The Bertz CT molecular complexity index is 1070. The second-order valence-electron chi connectivity index (χ2n) is 7.18. The molecule has 1 aliphatic rings. The van der Waals surface area contributed by atoms with E-state index in [9.17, 15) is 14.4 Å². The summed E-state index contributed by atoms with van der Waals surface area (Å²) in [5.74, 6) is -0.677. The van der Waals surface area contributed by atoms with E-state index in [1.807, 2.05) is 72.4 Å². The summed E-state index contributed by atoms with van der Waals surface area (Å²) in [6.45, 7) is 0.289. The van der Waals surface area contributed by atoms with E-state index in [4.69, 9.17) is 0 Å². The highest BCUT2D eigenvalue weighted by atomic mass is 16.2. The predicted molar refractivity (Wildman–Crippen MR) is 110 cm³/mol. The number of hydrogen-bond acceptors (Lipinski definition) is 3. The maximum atomic E-state index is 12.6. The van der Waals surface area contributed by atoms with E-state index in [2.05, 4.69) is 10.6 Å². The molecule has 3 aromatic rings. The number of hydrogen-bond donors (Lipinski definition) is 2. The van der Waals surface area contributed by atoms with Crippen molar-refractivity contribution in [2.45, 2.75) is 18.9 Å². The van der Waals surface area contributed by atoms with Gasteiger partial charge in [0.15, 0.2) is 0 Å². The molecule has 2 aromatic carbocycles. The van der Waals surface area contributed by atoms with Gasteiger partial charge in [0.25, 0.3) is 5.91 Å². The maximum absolute atomic E-state index is 12.6. The lowest BCUT2D eigenvalue weighted by Crippen LogP contribution is -2.34. The molecule has 148 valence electrons. The summed E-state index contributed by atoms with van der Waals surface area (Å²) in [4.78, 5) is 38.3. The first kappa shape index (κ1) is 18.7. The Hall–Kier alpha value is -3.61. The van der Waals surface area contributed by atoms with Gasteiger partial charge in [-0.15, -0.1) is 0 Å². The molecule has 4 rings (SSSR count). The average molecular weight is 390 g/mol. The number of aromatic nitrogens is 1. The SMILES string of the molecule is Cn1ccc2cc(NC(=O)C[C@H]3NC(=O)N(CCc4ccccc4)C3=O)ccc21. The lowest BCUT2D eigenvalue weighted by molar-refractivity contribution is -0.129. The van der Waals surface area contributed by atoms with Crippen LogP contribution in [-0.4, -0.2) is 39.9 Å². The first-order chi connectivity index (χ1) is 14.0. The van der Waals surface area contributed by atoms with Gasteiger partial charge in [0.1, 0.15) is 6.04 Å². The van der Waals surface area contributed by atoms with Crippen LogP contribution >= 0.6 is 0 Å². The Morgan fingerprint density at radius 3 is 2.69 bits per heavy atom. The van der Waals surface area contributed by atoms with Crippen molar-refractivity contribution in [3.8, 4) is 0 Å². The fourth-order valence-electron chi connectivity index (χ4n) is 3.57. The lowest BCUT2D eigenvalue weighted by Gasteiger charge is -2.13. The molecule has 1 aromatic heterocycles. The van der Waals surface area contributed by atoms with E-state index >= 15 is 0 Å². The number of nitrogens with one attached hydrogen (secondary N) is 2. The standard InChI is InChI=1S/C22H22N4O3/c1-25-11-10-16-13-17(7-8-19(16)25)23-20(27)14-18-21(28)26(22(29)24-18)12-9-15-5-3-2-4-6-15/h2-8,10-11,13,18H,9,12,14H2,1H3,(H,23,27)(H,24,29)/t18-/m1/s1. The number of carbonyl (C=O) groups is 3. The van der Waals surface area contributed by atoms with Crippen LogP contribution in [0, 0.1) is 0 Å². The molecule has 0 radical (unpaired) electrons. The molecule has 0 aliphatic carbocycles. The highest BCUT2D eigenvalue weighted by molar-refractivity contribution is 6.07. The van der Waals surface area contributed by atoms with Gasteiger partial charge in [-0.25, -0.2) is 4.79 Å². The minimum atomic E-state index is -0.835. The third kappa shape index (κ3) is 3.99. The molecule has 0 bridgehead atoms. The van der Waals surface area contributed by atoms with Gasteiger partial charge in [-0.05, 0) is 36.2 Å². The van der Waals surface area contributed by atoms with Gasteiger partial charge >= 0.3 is 6.03 Å². The van der Waals surface area contributed by atoms with E-state index in [0.717, 1.165) is 16.5 Å². The summed E-state index contributed by atoms with van der Waals surface area (Å²) >= 11 is 0. The van der Waals surface area contributed by atoms with Gasteiger partial charge < -0.3 is 15.2 Å². The zero-order valence-corrected chi connectivity index (χ0v) is 16.1. The molecule has 4 amide bonds. The molecule has 1 saturated heterocycles. The topological polar surface area (TPSA) is 83.4 Å². The molecule has 0 spiro atoms. The van der Waals surface area contributed by atoms with E-state index in [0.29, 0.717) is 12.1 Å². The Labute approximate surface area is 168 Å². The number of imide groups is 1. The third-order valence-corrected chi connectivity index (χ3v) is 5.13. The van der Waals surface area contributed by atoms with E-state index < -0.39 is 12.1 Å². The Kier molecular flexibility index (Phi) is 5.03. The van der Waals surface area contributed by atoms with Gasteiger partial charge in [0, 0.05) is 36.4 Å². The summed E-state index contributed by atoms with van der Waals surface area (Å²) in [6, 6.07) is 16.0. The number of carbonyl (C=O) groups excluding carboxylic acids is 3. The quantitative estimate of drug-likeness (QED) is 0.635. The molecule has 7 heteroatoms. The zero-order chi connectivity index (χ0) is 20.4. The largest absolute Gasteiger partial charge is 0.351 e. The number of urea groups is 1. The fourth-order valence-corrected chi connectivity index (χ4v) is 3.57. The molecule has 1 fully saturated rings. The molecule has 0 saturated carbocycles. The van der Waals surface area contributed by atoms with Crippen LogP contribution in [0.4, 0.5) is 10.5 Å². The predicted octanol–water partition coefficient (Wildman–Crippen LogP) is 2.67. The number of aryl methyl sites for hydroxylation is 1. The van der Waals surface area contributed by atoms with E-state index in [1.54, 1.807) is 0 Å². The minimum Gasteiger partial charge on any atom is -0.351 e. The van der Waals surface area contributed by atoms with Crippen LogP contribution in [0.5, 0.6) is 0 Å². The number of nitrogens with zero attached hydrogens (tertiary/aromatic N) is 2. The molecule has 1 atom stereocenters. The van der Waals surface area contributed by atoms with Crippen LogP contribution in [-0.2, 0) is 23.1 Å². The second-order valence-corrected chi connectivity index (χ2v) is 7.18. The van der Waals surface area contributed by atoms with E-state index in [-0.39, 0.29) is 24.8 Å². The van der Waals surface area contributed by atoms with Crippen molar-refractivity contribution in [1.29, 1.82) is 0 Å². The van der Waals surface area contributed by atoms with Crippen LogP contribution in [0.2, 0.25) is 0 Å². The Morgan fingerprint density at radius 2 is 1.90 bits per heavy atom. The Morgan fingerprint density at radius 1 is 1.10 bits per heavy atom. The summed E-state index contributed by atoms with van der Waals surface area (Å²) < 4.78 is 2.00. The summed E-state index contributed by atoms with van der Waals surface area (Å²) in [5.41, 5.74) is 2.77. The van der Waals surface area contributed by atoms with Gasteiger partial charge in [-0.1, -0.05) is 30.3 Å². The summed E-state index contributed by atoms with van der Waals surface area (Å²) in [7, 11) is 1.96. The minimum absolute atomic E-state index is 0.0980. The Balaban J connectivity index is 1.35. The average Bonchev–Trinajstić information content (AvgIpc) is 3.20. The number of benzene rings is 2. The second kappa shape index (κ2) is 7.79. The fraction of sp³-hybridized carbons (Fsp3) is 0.227. The van der Waals surface area contributed by atoms with Crippen LogP contribution in [0.3, 0.4) is 0 Å². The van der Waals surface area contributed by atoms with Crippen LogP contribution < -0.4 is 10.6 Å². The number of rotatable bonds is 6.